The summed E-state index contributed by atoms with van der Waals surface area (Å²) in [6.07, 6.45) is 6.43. The number of carbonyl (C=O) groups is 1. The highest BCUT2D eigenvalue weighted by Gasteiger charge is 2.06. The summed E-state index contributed by atoms with van der Waals surface area (Å²) < 4.78 is 0. The largest absolute Gasteiger partial charge is 0.270 e. The van der Waals surface area contributed by atoms with Crippen LogP contribution in [0.4, 0.5) is 0 Å². The van der Waals surface area contributed by atoms with E-state index in [1.54, 1.807) is 12.3 Å². The third-order valence-corrected chi connectivity index (χ3v) is 1.70. The van der Waals surface area contributed by atoms with Gasteiger partial charge >= 0.3 is 0 Å². The Labute approximate surface area is 75.8 Å². The molecular formula is C10H7N2O. The second kappa shape index (κ2) is 3.23. The normalized spacial score (nSPS) is 15.1. The summed E-state index contributed by atoms with van der Waals surface area (Å²) in [5.74, 6) is -0.233. The molecule has 1 amide bonds. The number of amides is 1. The zero-order valence-electron chi connectivity index (χ0n) is 6.84. The minimum atomic E-state index is -0.233. The van der Waals surface area contributed by atoms with Gasteiger partial charge in [0.25, 0.3) is 5.91 Å². The van der Waals surface area contributed by atoms with Crippen LogP contribution < -0.4 is 5.32 Å². The summed E-state index contributed by atoms with van der Waals surface area (Å²) in [5.41, 5.74) is 1.60. The van der Waals surface area contributed by atoms with Gasteiger partial charge in [-0.2, -0.15) is 0 Å². The minimum absolute atomic E-state index is 0.233. The maximum absolute atomic E-state index is 10.9. The summed E-state index contributed by atoms with van der Waals surface area (Å²) in [5, 5.41) is 3.58. The van der Waals surface area contributed by atoms with Crippen LogP contribution in [0.1, 0.15) is 5.69 Å². The minimum Gasteiger partial charge on any atom is -0.267 e. The van der Waals surface area contributed by atoms with E-state index in [4.69, 9.17) is 0 Å². The lowest BCUT2D eigenvalue weighted by molar-refractivity contribution is -0.115. The average molecular weight is 171 g/mol. The summed E-state index contributed by atoms with van der Waals surface area (Å²) in [7, 11) is 0. The molecule has 1 radical (unpaired) electrons. The van der Waals surface area contributed by atoms with E-state index in [0.717, 1.165) is 11.3 Å². The Bertz CT molecular complexity index is 379. The van der Waals surface area contributed by atoms with Gasteiger partial charge in [-0.3, -0.25) is 9.78 Å². The molecule has 3 heteroatoms. The molecule has 3 nitrogen and oxygen atoms in total. The predicted octanol–water partition coefficient (Wildman–Crippen LogP) is 1.12. The summed E-state index contributed by atoms with van der Waals surface area (Å²) in [6, 6.07) is 5.57. The molecule has 2 rings (SSSR count). The van der Waals surface area contributed by atoms with E-state index in [-0.39, 0.29) is 5.91 Å². The second-order valence-electron chi connectivity index (χ2n) is 2.60. The van der Waals surface area contributed by atoms with Crippen LogP contribution >= 0.6 is 0 Å². The number of rotatable bonds is 1. The van der Waals surface area contributed by atoms with Crippen molar-refractivity contribution in [2.24, 2.45) is 0 Å². The van der Waals surface area contributed by atoms with Gasteiger partial charge in [0.05, 0.1) is 5.69 Å². The Morgan fingerprint density at radius 3 is 2.85 bits per heavy atom. The topological polar surface area (TPSA) is 44.1 Å². The zero-order valence-corrected chi connectivity index (χ0v) is 6.84. The lowest BCUT2D eigenvalue weighted by atomic mass is 10.1. The van der Waals surface area contributed by atoms with Gasteiger partial charge < -0.3 is 0 Å². The highest BCUT2D eigenvalue weighted by atomic mass is 16.1. The predicted molar refractivity (Wildman–Crippen MR) is 48.5 cm³/mol. The molecule has 1 aromatic heterocycles. The Morgan fingerprint density at radius 2 is 2.15 bits per heavy atom. The summed E-state index contributed by atoms with van der Waals surface area (Å²) in [4.78, 5) is 15.0. The highest BCUT2D eigenvalue weighted by Crippen LogP contribution is 2.14. The van der Waals surface area contributed by atoms with Crippen molar-refractivity contribution in [3.05, 3.63) is 48.4 Å². The van der Waals surface area contributed by atoms with Gasteiger partial charge in [-0.05, 0) is 18.2 Å². The van der Waals surface area contributed by atoms with E-state index in [9.17, 15) is 4.79 Å². The number of carbonyl (C=O) groups excluding carboxylic acids is 1. The number of hydrogen-bond acceptors (Lipinski definition) is 2. The molecular weight excluding hydrogens is 164 g/mol. The van der Waals surface area contributed by atoms with Crippen LogP contribution in [-0.2, 0) is 4.79 Å². The fourth-order valence-electron chi connectivity index (χ4n) is 1.10. The molecule has 1 aliphatic heterocycles. The van der Waals surface area contributed by atoms with Crippen LogP contribution in [0.15, 0.2) is 42.7 Å². The lowest BCUT2D eigenvalue weighted by Gasteiger charge is -2.04. The van der Waals surface area contributed by atoms with E-state index in [1.807, 2.05) is 18.2 Å². The molecule has 0 spiro atoms. The number of aromatic nitrogens is 1. The van der Waals surface area contributed by atoms with Gasteiger partial charge in [0.2, 0.25) is 0 Å². The molecule has 0 aliphatic carbocycles. The number of pyridine rings is 1. The van der Waals surface area contributed by atoms with Crippen LogP contribution in [0, 0.1) is 0 Å². The zero-order chi connectivity index (χ0) is 9.10. The lowest BCUT2D eigenvalue weighted by Crippen LogP contribution is -2.10. The summed E-state index contributed by atoms with van der Waals surface area (Å²) >= 11 is 0. The molecule has 0 N–H and O–H groups in total. The number of allylic oxidation sites excluding steroid dienone is 2. The molecule has 0 bridgehead atoms. The maximum atomic E-state index is 10.9. The van der Waals surface area contributed by atoms with E-state index in [2.05, 4.69) is 10.3 Å². The average Bonchev–Trinajstić information content (AvgIpc) is 2.19. The molecule has 0 atom stereocenters. The van der Waals surface area contributed by atoms with E-state index in [0.29, 0.717) is 0 Å². The standard InChI is InChI=1S/C10H7N2O/c13-10-7-8(4-6-12-10)9-3-1-2-5-11-9/h1-7H. The summed E-state index contributed by atoms with van der Waals surface area (Å²) in [6.45, 7) is 0. The van der Waals surface area contributed by atoms with Crippen LogP contribution in [0.3, 0.4) is 0 Å². The third-order valence-electron chi connectivity index (χ3n) is 1.70. The Balaban J connectivity index is 2.37. The van der Waals surface area contributed by atoms with Crippen molar-refractivity contribution in [3.8, 4) is 0 Å². The first kappa shape index (κ1) is 7.73. The van der Waals surface area contributed by atoms with Crippen molar-refractivity contribution in [1.82, 2.24) is 10.3 Å². The molecule has 0 saturated carbocycles. The molecule has 13 heavy (non-hydrogen) atoms. The number of hydrogen-bond donors (Lipinski definition) is 0. The monoisotopic (exact) mass is 171 g/mol. The highest BCUT2D eigenvalue weighted by molar-refractivity contribution is 5.99. The molecule has 0 saturated heterocycles. The van der Waals surface area contributed by atoms with E-state index in [1.165, 1.54) is 12.3 Å². The van der Waals surface area contributed by atoms with Crippen LogP contribution in [-0.4, -0.2) is 10.9 Å². The van der Waals surface area contributed by atoms with Crippen molar-refractivity contribution in [2.45, 2.75) is 0 Å². The van der Waals surface area contributed by atoms with Crippen LogP contribution in [0.25, 0.3) is 5.57 Å². The van der Waals surface area contributed by atoms with Gasteiger partial charge in [0.1, 0.15) is 0 Å². The van der Waals surface area contributed by atoms with Crippen molar-refractivity contribution >= 4 is 11.5 Å². The van der Waals surface area contributed by atoms with Crippen molar-refractivity contribution < 1.29 is 4.79 Å². The quantitative estimate of drug-likeness (QED) is 0.635. The number of nitrogens with zero attached hydrogens (tertiary/aromatic N) is 2. The molecule has 1 aromatic rings. The van der Waals surface area contributed by atoms with E-state index < -0.39 is 0 Å². The molecule has 0 unspecified atom stereocenters. The smallest absolute Gasteiger partial charge is 0.267 e. The van der Waals surface area contributed by atoms with Gasteiger partial charge in [0.15, 0.2) is 0 Å². The van der Waals surface area contributed by atoms with Crippen molar-refractivity contribution in [3.63, 3.8) is 0 Å². The van der Waals surface area contributed by atoms with Crippen molar-refractivity contribution in [1.29, 1.82) is 0 Å². The molecule has 1 aliphatic rings. The van der Waals surface area contributed by atoms with Gasteiger partial charge in [-0.15, -0.1) is 0 Å². The van der Waals surface area contributed by atoms with Gasteiger partial charge in [0, 0.05) is 24.0 Å². The third kappa shape index (κ3) is 1.64. The van der Waals surface area contributed by atoms with Gasteiger partial charge in [-0.1, -0.05) is 6.07 Å². The molecule has 2 heterocycles. The molecule has 63 valence electrons. The first-order valence-corrected chi connectivity index (χ1v) is 3.91. The first-order valence-electron chi connectivity index (χ1n) is 3.91. The maximum Gasteiger partial charge on any atom is 0.270 e. The van der Waals surface area contributed by atoms with Gasteiger partial charge in [-0.25, -0.2) is 5.32 Å². The Morgan fingerprint density at radius 1 is 1.23 bits per heavy atom. The SMILES string of the molecule is O=C1C=C(c2ccccn2)C=C[N]1. The first-order chi connectivity index (χ1) is 6.36. The fourth-order valence-corrected chi connectivity index (χ4v) is 1.10. The van der Waals surface area contributed by atoms with Crippen LogP contribution in [0.2, 0.25) is 0 Å². The molecule has 0 aromatic carbocycles. The Kier molecular flexibility index (Phi) is 1.92. The Hall–Kier alpha value is -1.90. The molecule has 0 fully saturated rings. The van der Waals surface area contributed by atoms with E-state index >= 15 is 0 Å². The van der Waals surface area contributed by atoms with Crippen molar-refractivity contribution in [2.75, 3.05) is 0 Å². The second-order valence-corrected chi connectivity index (χ2v) is 2.60. The fraction of sp³-hybridized carbons (Fsp3) is 0. The van der Waals surface area contributed by atoms with Crippen LogP contribution in [0.5, 0.6) is 0 Å².